The number of hydrogen-bond donors (Lipinski definition) is 1. The van der Waals surface area contributed by atoms with Crippen molar-refractivity contribution in [1.29, 1.82) is 0 Å². The van der Waals surface area contributed by atoms with E-state index in [1.807, 2.05) is 38.1 Å². The van der Waals surface area contributed by atoms with E-state index in [1.54, 1.807) is 18.7 Å². The summed E-state index contributed by atoms with van der Waals surface area (Å²) in [5, 5.41) is 4.47. The molecular weight excluding hydrogens is 326 g/mol. The lowest BCUT2D eigenvalue weighted by Crippen LogP contribution is -2.05. The number of methoxy groups -OCH3 is 2. The largest absolute Gasteiger partial charge is 0.493 e. The van der Waals surface area contributed by atoms with Gasteiger partial charge in [0.25, 0.3) is 5.78 Å². The highest BCUT2D eigenvalue weighted by Crippen LogP contribution is 2.30. The van der Waals surface area contributed by atoms with Crippen molar-refractivity contribution in [2.45, 2.75) is 25.3 Å². The Labute approximate surface area is 144 Å². The average Bonchev–Trinajstić information content (AvgIpc) is 2.97. The topological polar surface area (TPSA) is 73.6 Å². The van der Waals surface area contributed by atoms with Crippen LogP contribution >= 0.6 is 11.9 Å². The maximum absolute atomic E-state index is 5.30. The fourth-order valence-corrected chi connectivity index (χ4v) is 3.02. The second-order valence-electron chi connectivity index (χ2n) is 5.22. The standard InChI is InChI=1S/C16H19N5O2S/c1-10-7-11(2)21-16(18-10)19-15(20-21)9-17-24-12-5-6-13(22-3)14(8-12)23-4/h5-8,17H,9H2,1-4H3. The first-order chi connectivity index (χ1) is 11.6. The molecule has 0 saturated heterocycles. The van der Waals surface area contributed by atoms with Gasteiger partial charge in [-0.05, 0) is 50.1 Å². The van der Waals surface area contributed by atoms with Gasteiger partial charge in [-0.3, -0.25) is 4.72 Å². The number of aryl methyl sites for hydroxylation is 2. The lowest BCUT2D eigenvalue weighted by atomic mass is 10.3. The van der Waals surface area contributed by atoms with Crippen molar-refractivity contribution in [2.24, 2.45) is 0 Å². The predicted octanol–water partition coefficient (Wildman–Crippen LogP) is 2.56. The Balaban J connectivity index is 1.67. The lowest BCUT2D eigenvalue weighted by molar-refractivity contribution is 0.354. The molecule has 0 bridgehead atoms. The molecule has 8 heteroatoms. The maximum atomic E-state index is 5.30. The Morgan fingerprint density at radius 1 is 1.08 bits per heavy atom. The Morgan fingerprint density at radius 2 is 1.88 bits per heavy atom. The minimum absolute atomic E-state index is 0.529. The van der Waals surface area contributed by atoms with E-state index < -0.39 is 0 Å². The van der Waals surface area contributed by atoms with Crippen LogP contribution in [0.25, 0.3) is 5.78 Å². The van der Waals surface area contributed by atoms with E-state index in [2.05, 4.69) is 19.8 Å². The fraction of sp³-hybridized carbons (Fsp3) is 0.312. The molecule has 0 atom stereocenters. The SMILES string of the molecule is COc1ccc(SNCc2nc3nc(C)cc(C)n3n2)cc1OC. The third-order valence-corrected chi connectivity index (χ3v) is 4.22. The maximum Gasteiger partial charge on any atom is 0.252 e. The summed E-state index contributed by atoms with van der Waals surface area (Å²) in [4.78, 5) is 9.85. The first kappa shape index (κ1) is 16.5. The summed E-state index contributed by atoms with van der Waals surface area (Å²) in [5.74, 6) is 2.73. The van der Waals surface area contributed by atoms with Crippen molar-refractivity contribution in [3.8, 4) is 11.5 Å². The fourth-order valence-electron chi connectivity index (χ4n) is 2.35. The van der Waals surface area contributed by atoms with E-state index in [1.165, 1.54) is 11.9 Å². The lowest BCUT2D eigenvalue weighted by Gasteiger charge is -2.09. The highest BCUT2D eigenvalue weighted by atomic mass is 32.2. The molecule has 7 nitrogen and oxygen atoms in total. The third-order valence-electron chi connectivity index (χ3n) is 3.44. The van der Waals surface area contributed by atoms with Gasteiger partial charge in [0.1, 0.15) is 0 Å². The van der Waals surface area contributed by atoms with Crippen LogP contribution < -0.4 is 14.2 Å². The van der Waals surface area contributed by atoms with Gasteiger partial charge < -0.3 is 9.47 Å². The van der Waals surface area contributed by atoms with E-state index >= 15 is 0 Å². The molecule has 3 rings (SSSR count). The van der Waals surface area contributed by atoms with E-state index in [4.69, 9.17) is 9.47 Å². The summed E-state index contributed by atoms with van der Waals surface area (Å²) in [6.45, 7) is 4.47. The van der Waals surface area contributed by atoms with Crippen molar-refractivity contribution in [3.05, 3.63) is 41.5 Å². The molecule has 2 heterocycles. The molecule has 0 amide bonds. The Kier molecular flexibility index (Phi) is 4.86. The van der Waals surface area contributed by atoms with Crippen LogP contribution in [0.15, 0.2) is 29.2 Å². The monoisotopic (exact) mass is 345 g/mol. The zero-order valence-electron chi connectivity index (χ0n) is 14.0. The Morgan fingerprint density at radius 3 is 2.62 bits per heavy atom. The van der Waals surface area contributed by atoms with Crippen molar-refractivity contribution >= 4 is 17.7 Å². The van der Waals surface area contributed by atoms with Gasteiger partial charge in [0.2, 0.25) is 0 Å². The van der Waals surface area contributed by atoms with Gasteiger partial charge in [-0.25, -0.2) is 9.50 Å². The van der Waals surface area contributed by atoms with Gasteiger partial charge in [0, 0.05) is 16.3 Å². The van der Waals surface area contributed by atoms with Gasteiger partial charge in [0.15, 0.2) is 17.3 Å². The van der Waals surface area contributed by atoms with Crippen molar-refractivity contribution in [1.82, 2.24) is 24.3 Å². The molecule has 3 aromatic rings. The Hall–Kier alpha value is -2.32. The molecular formula is C16H19N5O2S. The molecule has 0 saturated carbocycles. The highest BCUT2D eigenvalue weighted by Gasteiger charge is 2.08. The molecule has 1 N–H and O–H groups in total. The number of fused-ring (bicyclic) bond motifs is 1. The molecule has 1 aromatic carbocycles. The van der Waals surface area contributed by atoms with E-state index in [-0.39, 0.29) is 0 Å². The summed E-state index contributed by atoms with van der Waals surface area (Å²) >= 11 is 1.49. The first-order valence-electron chi connectivity index (χ1n) is 7.42. The van der Waals surface area contributed by atoms with E-state index in [0.717, 1.165) is 16.3 Å². The van der Waals surface area contributed by atoms with Gasteiger partial charge in [-0.1, -0.05) is 0 Å². The number of hydrogen-bond acceptors (Lipinski definition) is 7. The smallest absolute Gasteiger partial charge is 0.252 e. The van der Waals surface area contributed by atoms with Crippen molar-refractivity contribution in [3.63, 3.8) is 0 Å². The average molecular weight is 345 g/mol. The molecule has 2 aromatic heterocycles. The molecule has 0 unspecified atom stereocenters. The van der Waals surface area contributed by atoms with Crippen molar-refractivity contribution in [2.75, 3.05) is 14.2 Å². The molecule has 0 spiro atoms. The number of rotatable bonds is 6. The molecule has 0 radical (unpaired) electrons. The van der Waals surface area contributed by atoms with Gasteiger partial charge in [-0.2, -0.15) is 4.98 Å². The minimum Gasteiger partial charge on any atom is -0.493 e. The second-order valence-corrected chi connectivity index (χ2v) is 6.18. The summed E-state index contributed by atoms with van der Waals surface area (Å²) in [6.07, 6.45) is 0. The number of nitrogens with one attached hydrogen (secondary N) is 1. The van der Waals surface area contributed by atoms with E-state index in [0.29, 0.717) is 29.6 Å². The molecule has 24 heavy (non-hydrogen) atoms. The highest BCUT2D eigenvalue weighted by molar-refractivity contribution is 7.97. The number of nitrogens with zero attached hydrogens (tertiary/aromatic N) is 4. The molecule has 0 aliphatic rings. The summed E-state index contributed by atoms with van der Waals surface area (Å²) in [5.41, 5.74) is 1.95. The van der Waals surface area contributed by atoms with Crippen LogP contribution in [0, 0.1) is 13.8 Å². The second kappa shape index (κ2) is 7.06. The number of ether oxygens (including phenoxy) is 2. The summed E-state index contributed by atoms with van der Waals surface area (Å²) < 4.78 is 15.5. The quantitative estimate of drug-likeness (QED) is 0.688. The van der Waals surface area contributed by atoms with Gasteiger partial charge >= 0.3 is 0 Å². The van der Waals surface area contributed by atoms with Gasteiger partial charge in [-0.15, -0.1) is 5.10 Å². The molecule has 0 aliphatic heterocycles. The van der Waals surface area contributed by atoms with Crippen LogP contribution in [0.5, 0.6) is 11.5 Å². The van der Waals surface area contributed by atoms with Crippen LogP contribution in [0.1, 0.15) is 17.2 Å². The van der Waals surface area contributed by atoms with E-state index in [9.17, 15) is 0 Å². The van der Waals surface area contributed by atoms with Crippen molar-refractivity contribution < 1.29 is 9.47 Å². The number of benzene rings is 1. The van der Waals surface area contributed by atoms with Gasteiger partial charge in [0.05, 0.1) is 20.8 Å². The molecule has 126 valence electrons. The zero-order chi connectivity index (χ0) is 17.1. The van der Waals surface area contributed by atoms with Crippen LogP contribution in [-0.4, -0.2) is 33.8 Å². The summed E-state index contributed by atoms with van der Waals surface area (Å²) in [7, 11) is 3.24. The van der Waals surface area contributed by atoms with Crippen LogP contribution in [0.4, 0.5) is 0 Å². The molecule has 0 aliphatic carbocycles. The predicted molar refractivity (Wildman–Crippen MR) is 92.5 cm³/mol. The van der Waals surface area contributed by atoms with Crippen LogP contribution in [-0.2, 0) is 6.54 Å². The first-order valence-corrected chi connectivity index (χ1v) is 8.24. The molecule has 0 fully saturated rings. The van der Waals surface area contributed by atoms with Crippen LogP contribution in [0.3, 0.4) is 0 Å². The van der Waals surface area contributed by atoms with Crippen LogP contribution in [0.2, 0.25) is 0 Å². The normalized spacial score (nSPS) is 11.0. The summed E-state index contributed by atoms with van der Waals surface area (Å²) in [6, 6.07) is 7.74. The third kappa shape index (κ3) is 3.44. The Bertz CT molecular complexity index is 865. The number of aromatic nitrogens is 4. The zero-order valence-corrected chi connectivity index (χ0v) is 14.8. The minimum atomic E-state index is 0.529.